The first-order valence-corrected chi connectivity index (χ1v) is 4.87. The molecule has 0 unspecified atom stereocenters. The first-order chi connectivity index (χ1) is 7.81. The number of nitrogens with one attached hydrogen (secondary N) is 1. The smallest absolute Gasteiger partial charge is 0.151 e. The van der Waals surface area contributed by atoms with Gasteiger partial charge in [0.25, 0.3) is 0 Å². The van der Waals surface area contributed by atoms with Gasteiger partial charge in [-0.05, 0) is 12.1 Å². The number of para-hydroxylation sites is 1. The molecule has 16 heavy (non-hydrogen) atoms. The summed E-state index contributed by atoms with van der Waals surface area (Å²) in [5.41, 5.74) is 1.44. The molecule has 0 spiro atoms. The summed E-state index contributed by atoms with van der Waals surface area (Å²) in [5, 5.41) is 19.8. The molecule has 2 aromatic rings. The molecule has 0 radical (unpaired) electrons. The zero-order valence-corrected chi connectivity index (χ0v) is 8.88. The number of aromatic nitrogens is 3. The molecule has 0 aliphatic heterocycles. The van der Waals surface area contributed by atoms with Crippen molar-refractivity contribution >= 4 is 5.69 Å². The van der Waals surface area contributed by atoms with Gasteiger partial charge >= 0.3 is 0 Å². The van der Waals surface area contributed by atoms with Crippen LogP contribution in [0.4, 0.5) is 5.69 Å². The largest absolute Gasteiger partial charge is 0.377 e. The Bertz CT molecular complexity index is 523. The van der Waals surface area contributed by atoms with E-state index in [4.69, 9.17) is 5.26 Å². The summed E-state index contributed by atoms with van der Waals surface area (Å²) in [6.07, 6.45) is 1.65. The van der Waals surface area contributed by atoms with Gasteiger partial charge in [-0.25, -0.2) is 0 Å². The number of hydrogen-bond donors (Lipinski definition) is 1. The zero-order chi connectivity index (χ0) is 11.4. The molecule has 0 bridgehead atoms. The monoisotopic (exact) mass is 213 g/mol. The second-order valence-electron chi connectivity index (χ2n) is 3.37. The zero-order valence-electron chi connectivity index (χ0n) is 8.88. The second kappa shape index (κ2) is 4.45. The van der Waals surface area contributed by atoms with Crippen LogP contribution < -0.4 is 5.32 Å². The molecule has 2 rings (SSSR count). The molecule has 0 aliphatic rings. The van der Waals surface area contributed by atoms with E-state index in [9.17, 15) is 0 Å². The van der Waals surface area contributed by atoms with Crippen molar-refractivity contribution in [1.82, 2.24) is 14.8 Å². The Morgan fingerprint density at radius 1 is 1.44 bits per heavy atom. The lowest BCUT2D eigenvalue weighted by Crippen LogP contribution is -2.06. The Kier molecular flexibility index (Phi) is 2.83. The molecule has 0 atom stereocenters. The average molecular weight is 213 g/mol. The van der Waals surface area contributed by atoms with E-state index in [-0.39, 0.29) is 0 Å². The van der Waals surface area contributed by atoms with Crippen molar-refractivity contribution in [3.05, 3.63) is 42.0 Å². The number of anilines is 1. The summed E-state index contributed by atoms with van der Waals surface area (Å²) in [4.78, 5) is 0. The number of benzene rings is 1. The van der Waals surface area contributed by atoms with Crippen molar-refractivity contribution in [2.24, 2.45) is 7.05 Å². The molecular formula is C11H11N5. The number of aryl methyl sites for hydroxylation is 1. The summed E-state index contributed by atoms with van der Waals surface area (Å²) in [7, 11) is 1.88. The molecule has 1 aromatic carbocycles. The fourth-order valence-corrected chi connectivity index (χ4v) is 1.38. The van der Waals surface area contributed by atoms with Crippen molar-refractivity contribution in [3.63, 3.8) is 0 Å². The van der Waals surface area contributed by atoms with Gasteiger partial charge in [0.15, 0.2) is 5.82 Å². The highest BCUT2D eigenvalue weighted by Crippen LogP contribution is 2.14. The van der Waals surface area contributed by atoms with Gasteiger partial charge in [-0.3, -0.25) is 0 Å². The van der Waals surface area contributed by atoms with Crippen LogP contribution >= 0.6 is 0 Å². The number of nitriles is 1. The van der Waals surface area contributed by atoms with Crippen LogP contribution in [0, 0.1) is 11.3 Å². The topological polar surface area (TPSA) is 66.5 Å². The maximum Gasteiger partial charge on any atom is 0.151 e. The van der Waals surface area contributed by atoms with Crippen molar-refractivity contribution in [3.8, 4) is 6.07 Å². The Morgan fingerprint density at radius 3 is 2.94 bits per heavy atom. The van der Waals surface area contributed by atoms with E-state index in [0.717, 1.165) is 11.5 Å². The third-order valence-electron chi connectivity index (χ3n) is 2.29. The van der Waals surface area contributed by atoms with Gasteiger partial charge in [-0.1, -0.05) is 12.1 Å². The van der Waals surface area contributed by atoms with Gasteiger partial charge in [0.2, 0.25) is 0 Å². The standard InChI is InChI=1S/C11H11N5/c1-16-8-14-15-11(16)7-13-10-5-3-2-4-9(10)6-12/h2-5,8,13H,7H2,1H3. The predicted octanol–water partition coefficient (Wildman–Crippen LogP) is 1.30. The van der Waals surface area contributed by atoms with Gasteiger partial charge in [0.1, 0.15) is 12.4 Å². The van der Waals surface area contributed by atoms with E-state index in [0.29, 0.717) is 12.1 Å². The van der Waals surface area contributed by atoms with E-state index in [2.05, 4.69) is 21.6 Å². The number of rotatable bonds is 3. The molecule has 0 fully saturated rings. The van der Waals surface area contributed by atoms with Crippen LogP contribution in [-0.2, 0) is 13.6 Å². The molecule has 1 N–H and O–H groups in total. The van der Waals surface area contributed by atoms with Crippen LogP contribution in [0.15, 0.2) is 30.6 Å². The summed E-state index contributed by atoms with van der Waals surface area (Å²) >= 11 is 0. The average Bonchev–Trinajstić information content (AvgIpc) is 2.72. The molecule has 1 heterocycles. The van der Waals surface area contributed by atoms with Crippen LogP contribution in [0.1, 0.15) is 11.4 Å². The lowest BCUT2D eigenvalue weighted by atomic mass is 10.2. The Hall–Kier alpha value is -2.35. The molecule has 0 amide bonds. The quantitative estimate of drug-likeness (QED) is 0.834. The first kappa shape index (κ1) is 10.2. The summed E-state index contributed by atoms with van der Waals surface area (Å²) in [6.45, 7) is 0.551. The minimum absolute atomic E-state index is 0.551. The molecule has 80 valence electrons. The molecule has 5 nitrogen and oxygen atoms in total. The second-order valence-corrected chi connectivity index (χ2v) is 3.37. The highest BCUT2D eigenvalue weighted by molar-refractivity contribution is 5.56. The van der Waals surface area contributed by atoms with Crippen molar-refractivity contribution in [2.45, 2.75) is 6.54 Å². The third-order valence-corrected chi connectivity index (χ3v) is 2.29. The van der Waals surface area contributed by atoms with Gasteiger partial charge in [-0.15, -0.1) is 10.2 Å². The SMILES string of the molecule is Cn1cnnc1CNc1ccccc1C#N. The summed E-state index contributed by atoms with van der Waals surface area (Å²) in [5.74, 6) is 0.827. The Labute approximate surface area is 93.4 Å². The first-order valence-electron chi connectivity index (χ1n) is 4.87. The molecule has 0 aliphatic carbocycles. The Morgan fingerprint density at radius 2 is 2.25 bits per heavy atom. The lowest BCUT2D eigenvalue weighted by Gasteiger charge is -2.06. The van der Waals surface area contributed by atoms with Crippen LogP contribution in [0.5, 0.6) is 0 Å². The van der Waals surface area contributed by atoms with E-state index >= 15 is 0 Å². The van der Waals surface area contributed by atoms with Crippen molar-refractivity contribution in [1.29, 1.82) is 5.26 Å². The molecular weight excluding hydrogens is 202 g/mol. The van der Waals surface area contributed by atoms with E-state index in [1.807, 2.05) is 29.8 Å². The van der Waals surface area contributed by atoms with Crippen molar-refractivity contribution < 1.29 is 0 Å². The lowest BCUT2D eigenvalue weighted by molar-refractivity contribution is 0.812. The van der Waals surface area contributed by atoms with Gasteiger partial charge in [-0.2, -0.15) is 5.26 Å². The molecule has 5 heteroatoms. The number of hydrogen-bond acceptors (Lipinski definition) is 4. The third kappa shape index (κ3) is 2.01. The maximum atomic E-state index is 8.91. The van der Waals surface area contributed by atoms with Crippen LogP contribution in [0.25, 0.3) is 0 Å². The van der Waals surface area contributed by atoms with Crippen molar-refractivity contribution in [2.75, 3.05) is 5.32 Å². The van der Waals surface area contributed by atoms with E-state index < -0.39 is 0 Å². The molecule has 1 aromatic heterocycles. The highest BCUT2D eigenvalue weighted by Gasteiger charge is 2.03. The summed E-state index contributed by atoms with van der Waals surface area (Å²) in [6, 6.07) is 9.51. The van der Waals surface area contributed by atoms with Gasteiger partial charge in [0, 0.05) is 7.05 Å². The molecule has 0 saturated heterocycles. The van der Waals surface area contributed by atoms with E-state index in [1.54, 1.807) is 12.4 Å². The van der Waals surface area contributed by atoms with Gasteiger partial charge < -0.3 is 9.88 Å². The molecule has 0 saturated carbocycles. The van der Waals surface area contributed by atoms with E-state index in [1.165, 1.54) is 0 Å². The fourth-order valence-electron chi connectivity index (χ4n) is 1.38. The Balaban J connectivity index is 2.11. The maximum absolute atomic E-state index is 8.91. The minimum atomic E-state index is 0.551. The predicted molar refractivity (Wildman–Crippen MR) is 59.5 cm³/mol. The van der Waals surface area contributed by atoms with Gasteiger partial charge in [0.05, 0.1) is 17.8 Å². The minimum Gasteiger partial charge on any atom is -0.377 e. The fraction of sp³-hybridized carbons (Fsp3) is 0.182. The highest BCUT2D eigenvalue weighted by atomic mass is 15.3. The van der Waals surface area contributed by atoms with Crippen LogP contribution in [-0.4, -0.2) is 14.8 Å². The number of nitrogens with zero attached hydrogens (tertiary/aromatic N) is 4. The van der Waals surface area contributed by atoms with Crippen LogP contribution in [0.2, 0.25) is 0 Å². The summed E-state index contributed by atoms with van der Waals surface area (Å²) < 4.78 is 1.84. The normalized spacial score (nSPS) is 9.75. The van der Waals surface area contributed by atoms with Crippen LogP contribution in [0.3, 0.4) is 0 Å².